The Kier molecular flexibility index (Phi) is 6.47. The molecule has 1 N–H and O–H groups in total. The van der Waals surface area contributed by atoms with Gasteiger partial charge in [-0.1, -0.05) is 0 Å². The van der Waals surface area contributed by atoms with Crippen molar-refractivity contribution in [2.24, 2.45) is 5.92 Å². The fourth-order valence-electron chi connectivity index (χ4n) is 7.04. The summed E-state index contributed by atoms with van der Waals surface area (Å²) in [6.07, 6.45) is 8.90. The Morgan fingerprint density at radius 3 is 2.85 bits per heavy atom. The third-order valence-electron chi connectivity index (χ3n) is 8.83. The minimum absolute atomic E-state index is 0.0716. The molecule has 8 heteroatoms. The molecule has 3 aliphatic carbocycles. The molecule has 1 saturated heterocycles. The normalized spacial score (nSPS) is 33.3. The van der Waals surface area contributed by atoms with Gasteiger partial charge in [0.1, 0.15) is 0 Å². The van der Waals surface area contributed by atoms with Gasteiger partial charge in [-0.05, 0) is 0 Å². The monoisotopic (exact) mass is 821 g/mol. The van der Waals surface area contributed by atoms with E-state index >= 15 is 0 Å². The van der Waals surface area contributed by atoms with Crippen molar-refractivity contribution < 1.29 is 58.1 Å². The van der Waals surface area contributed by atoms with Crippen LogP contribution in [0.25, 0.3) is 0 Å². The van der Waals surface area contributed by atoms with Crippen molar-refractivity contribution in [3.05, 3.63) is 23.3 Å². The molecule has 2 aliphatic heterocycles. The van der Waals surface area contributed by atoms with Crippen molar-refractivity contribution in [3.63, 3.8) is 0 Å². The Balaban J connectivity index is 1.33. The maximum absolute atomic E-state index is 13.2. The van der Waals surface area contributed by atoms with Crippen molar-refractivity contribution in [1.29, 1.82) is 0 Å². The minimum atomic E-state index is -0.909. The van der Waals surface area contributed by atoms with Crippen molar-refractivity contribution in [1.82, 2.24) is 4.90 Å². The predicted octanol–water partition coefficient (Wildman–Crippen LogP) is 2.64. The van der Waals surface area contributed by atoms with Crippen LogP contribution < -0.4 is 9.47 Å². The molecule has 1 aromatic rings. The number of ether oxygens (including phenoxy) is 2. The van der Waals surface area contributed by atoms with Gasteiger partial charge in [-0.15, -0.1) is 0 Å². The molecule has 6 rings (SSSR count). The van der Waals surface area contributed by atoms with Crippen LogP contribution in [0.4, 0.5) is 0 Å². The second-order valence-corrected chi connectivity index (χ2v) is 14.9. The molecule has 0 radical (unpaired) electrons. The summed E-state index contributed by atoms with van der Waals surface area (Å²) in [5.74, 6) is 2.40. The van der Waals surface area contributed by atoms with Crippen LogP contribution in [0.1, 0.15) is 62.5 Å². The SMILES string of the molecule is O=C1CC[C@@]2(O)[C@H]3Cc4ccc(O[C](=[W])CCC[C](=[W])CP)c5c4[C@@]2(CCN3CC2CC2)[C@H]1O5. The average molecular weight is 821 g/mol. The van der Waals surface area contributed by atoms with Crippen LogP contribution >= 0.6 is 9.24 Å². The molecule has 182 valence electrons. The molecule has 5 aliphatic rings. The van der Waals surface area contributed by atoms with Gasteiger partial charge in [0.25, 0.3) is 0 Å². The van der Waals surface area contributed by atoms with Crippen LogP contribution in [0.15, 0.2) is 12.1 Å². The van der Waals surface area contributed by atoms with Gasteiger partial charge in [0.2, 0.25) is 0 Å². The second kappa shape index (κ2) is 9.06. The number of benzene rings is 1. The molecule has 1 aromatic carbocycles. The number of carbonyl (C=O) groups excluding carboxylic acids is 1. The zero-order valence-electron chi connectivity index (χ0n) is 19.4. The van der Waals surface area contributed by atoms with Gasteiger partial charge < -0.3 is 0 Å². The zero-order valence-corrected chi connectivity index (χ0v) is 26.4. The summed E-state index contributed by atoms with van der Waals surface area (Å²) in [6, 6.07) is 4.31. The molecule has 2 bridgehead atoms. The molecule has 5 nitrogen and oxygen atoms in total. The quantitative estimate of drug-likeness (QED) is 0.389. The van der Waals surface area contributed by atoms with E-state index in [1.165, 1.54) is 37.8 Å². The Morgan fingerprint density at radius 2 is 2.09 bits per heavy atom. The van der Waals surface area contributed by atoms with Gasteiger partial charge >= 0.3 is 227 Å². The summed E-state index contributed by atoms with van der Waals surface area (Å²) in [5, 5.41) is 12.4. The molecule has 3 fully saturated rings. The number of rotatable bonds is 9. The molecule has 0 amide bonds. The maximum atomic E-state index is 13.2. The Morgan fingerprint density at radius 1 is 1.26 bits per heavy atom. The van der Waals surface area contributed by atoms with E-state index in [-0.39, 0.29) is 11.8 Å². The Labute approximate surface area is 225 Å². The van der Waals surface area contributed by atoms with Gasteiger partial charge in [-0.3, -0.25) is 0 Å². The van der Waals surface area contributed by atoms with Gasteiger partial charge in [-0.25, -0.2) is 0 Å². The Hall–Kier alpha value is -0.0434. The third-order valence-corrected chi connectivity index (χ3v) is 12.8. The topological polar surface area (TPSA) is 59.0 Å². The number of likely N-dealkylation sites (tertiary alicyclic amines) is 1. The van der Waals surface area contributed by atoms with Crippen LogP contribution in [0.2, 0.25) is 0 Å². The molecule has 34 heavy (non-hydrogen) atoms. The number of aliphatic hydroxyl groups is 1. The van der Waals surface area contributed by atoms with E-state index < -0.39 is 17.1 Å². The number of piperidine rings is 1. The van der Waals surface area contributed by atoms with Crippen molar-refractivity contribution in [2.75, 3.05) is 19.3 Å². The number of nitrogens with zero attached hydrogens (tertiary/aromatic N) is 1. The summed E-state index contributed by atoms with van der Waals surface area (Å²) < 4.78 is 15.6. The summed E-state index contributed by atoms with van der Waals surface area (Å²) in [4.78, 5) is 15.7. The number of ketones is 1. The number of hydrogen-bond acceptors (Lipinski definition) is 5. The first-order valence-electron chi connectivity index (χ1n) is 12.6. The van der Waals surface area contributed by atoms with Crippen LogP contribution in [0.3, 0.4) is 0 Å². The van der Waals surface area contributed by atoms with Gasteiger partial charge in [0, 0.05) is 0 Å². The molecular formula is C26H32NO4PW2. The van der Waals surface area contributed by atoms with E-state index in [1.807, 2.05) is 6.07 Å². The second-order valence-electron chi connectivity index (χ2n) is 10.8. The first-order chi connectivity index (χ1) is 16.4. The summed E-state index contributed by atoms with van der Waals surface area (Å²) in [7, 11) is 2.82. The van der Waals surface area contributed by atoms with Gasteiger partial charge in [0.05, 0.1) is 0 Å². The van der Waals surface area contributed by atoms with E-state index in [4.69, 9.17) is 9.47 Å². The van der Waals surface area contributed by atoms with E-state index in [2.05, 4.69) is 20.2 Å². The molecule has 1 spiro atoms. The standard InChI is InChI=1S/C26H32NO4P.2W/c28-19-9-10-26(29)21-15-18-7-8-20(30-13-3-1-2-4-14-32)23-22(18)25(26,24(19)31-23)11-12-27(21)16-17-5-6-17;;/h7-8,17,21,24,29H,1-3,5-6,9-12,14-16,32H2;;/t21-,24+,25+,26-;;/m1../s1. The molecule has 0 aromatic heterocycles. The van der Waals surface area contributed by atoms with Crippen molar-refractivity contribution in [2.45, 2.75) is 80.9 Å². The molecule has 2 heterocycles. The van der Waals surface area contributed by atoms with Crippen LogP contribution in [-0.2, 0) is 55.3 Å². The van der Waals surface area contributed by atoms with Crippen LogP contribution in [0, 0.1) is 5.92 Å². The number of hydrogen-bond donors (Lipinski definition) is 1. The van der Waals surface area contributed by atoms with Crippen molar-refractivity contribution in [3.8, 4) is 11.5 Å². The van der Waals surface area contributed by atoms with Gasteiger partial charge in [-0.2, -0.15) is 0 Å². The summed E-state index contributed by atoms with van der Waals surface area (Å²) in [6.45, 7) is 2.02. The zero-order chi connectivity index (χ0) is 23.7. The molecular weight excluding hydrogens is 789 g/mol. The molecule has 2 saturated carbocycles. The number of Topliss-reactive ketones (excluding diaryl/α,β-unsaturated/α-hetero) is 1. The predicted molar refractivity (Wildman–Crippen MR) is 127 cm³/mol. The third kappa shape index (κ3) is 3.70. The summed E-state index contributed by atoms with van der Waals surface area (Å²) >= 11 is 2.91. The first kappa shape index (κ1) is 24.3. The van der Waals surface area contributed by atoms with Crippen LogP contribution in [0.5, 0.6) is 11.5 Å². The van der Waals surface area contributed by atoms with E-state index in [0.717, 1.165) is 78.4 Å². The fraction of sp³-hybridized carbons (Fsp3) is 0.654. The fourth-order valence-corrected chi connectivity index (χ4v) is 8.60. The van der Waals surface area contributed by atoms with E-state index in [0.29, 0.717) is 12.8 Å². The number of carbonyl (C=O) groups is 1. The average Bonchev–Trinajstić information content (AvgIpc) is 3.56. The van der Waals surface area contributed by atoms with Crippen LogP contribution in [-0.4, -0.2) is 60.8 Å². The summed E-state index contributed by atoms with van der Waals surface area (Å²) in [5.41, 5.74) is 0.803. The molecule has 5 atom stereocenters. The first-order valence-corrected chi connectivity index (χ1v) is 16.4. The van der Waals surface area contributed by atoms with E-state index in [1.54, 1.807) is 23.3 Å². The Bertz CT molecular complexity index is 1080. The van der Waals surface area contributed by atoms with Crippen molar-refractivity contribution >= 4 is 23.0 Å². The molecule has 1 unspecified atom stereocenters. The van der Waals surface area contributed by atoms with E-state index in [9.17, 15) is 9.90 Å². The van der Waals surface area contributed by atoms with Gasteiger partial charge in [0.15, 0.2) is 0 Å².